The summed E-state index contributed by atoms with van der Waals surface area (Å²) in [7, 11) is 0. The molecule has 0 bridgehead atoms. The Bertz CT molecular complexity index is 748. The van der Waals surface area contributed by atoms with Crippen LogP contribution >= 0.6 is 0 Å². The summed E-state index contributed by atoms with van der Waals surface area (Å²) < 4.78 is 10.2. The Labute approximate surface area is 158 Å². The molecule has 2 amide bonds. The number of rotatable bonds is 7. The molecule has 27 heavy (non-hydrogen) atoms. The summed E-state index contributed by atoms with van der Waals surface area (Å²) in [4.78, 5) is 29.1. The summed E-state index contributed by atoms with van der Waals surface area (Å²) in [5, 5.41) is 6.68. The molecule has 2 aromatic rings. The Balaban J connectivity index is 1.60. The zero-order chi connectivity index (χ0) is 19.2. The van der Waals surface area contributed by atoms with Gasteiger partial charge in [-0.05, 0) is 25.5 Å². The average molecular weight is 374 g/mol. The molecule has 1 aliphatic rings. The van der Waals surface area contributed by atoms with Gasteiger partial charge in [0.15, 0.2) is 11.6 Å². The molecule has 1 saturated heterocycles. The van der Waals surface area contributed by atoms with E-state index in [9.17, 15) is 9.59 Å². The first kappa shape index (κ1) is 19.2. The quantitative estimate of drug-likeness (QED) is 0.801. The second-order valence-electron chi connectivity index (χ2n) is 6.78. The van der Waals surface area contributed by atoms with E-state index in [1.165, 1.54) is 6.26 Å². The Morgan fingerprint density at radius 2 is 2.07 bits per heavy atom. The first-order valence-corrected chi connectivity index (χ1v) is 9.39. The van der Waals surface area contributed by atoms with Crippen molar-refractivity contribution in [2.24, 2.45) is 0 Å². The van der Waals surface area contributed by atoms with Gasteiger partial charge in [-0.3, -0.25) is 14.5 Å². The van der Waals surface area contributed by atoms with Gasteiger partial charge in [-0.15, -0.1) is 0 Å². The molecule has 146 valence electrons. The predicted molar refractivity (Wildman–Crippen MR) is 99.4 cm³/mol. The number of piperazine rings is 1. The number of anilines is 1. The topological polar surface area (TPSA) is 91.8 Å². The van der Waals surface area contributed by atoms with E-state index in [0.717, 1.165) is 19.3 Å². The summed E-state index contributed by atoms with van der Waals surface area (Å²) in [5.41, 5.74) is 0. The first-order valence-electron chi connectivity index (χ1n) is 9.39. The Kier molecular flexibility index (Phi) is 6.28. The van der Waals surface area contributed by atoms with Gasteiger partial charge >= 0.3 is 0 Å². The molecule has 8 nitrogen and oxygen atoms in total. The molecular weight excluding hydrogens is 348 g/mol. The van der Waals surface area contributed by atoms with Crippen LogP contribution in [0.1, 0.15) is 42.5 Å². The van der Waals surface area contributed by atoms with Crippen molar-refractivity contribution < 1.29 is 18.5 Å². The minimum Gasteiger partial charge on any atom is -0.459 e. The smallest absolute Gasteiger partial charge is 0.289 e. The Hall–Kier alpha value is -2.61. The van der Waals surface area contributed by atoms with Gasteiger partial charge in [-0.25, -0.2) is 0 Å². The molecule has 0 spiro atoms. The molecule has 3 heterocycles. The average Bonchev–Trinajstić information content (AvgIpc) is 3.34. The molecule has 2 aromatic heterocycles. The summed E-state index contributed by atoms with van der Waals surface area (Å²) in [6.07, 6.45) is 4.25. The van der Waals surface area contributed by atoms with E-state index >= 15 is 0 Å². The second kappa shape index (κ2) is 8.85. The molecule has 0 aromatic carbocycles. The van der Waals surface area contributed by atoms with Gasteiger partial charge in [0.2, 0.25) is 5.91 Å². The zero-order valence-corrected chi connectivity index (χ0v) is 15.8. The van der Waals surface area contributed by atoms with Crippen LogP contribution in [-0.4, -0.2) is 59.0 Å². The fraction of sp³-hybridized carbons (Fsp3) is 0.526. The minimum atomic E-state index is -0.247. The SMILES string of the molecule is CCCCC(C(=O)Nc1cc(C)on1)N1CCN(C(=O)c2ccco2)CC1. The molecule has 0 aliphatic carbocycles. The summed E-state index contributed by atoms with van der Waals surface area (Å²) in [6, 6.07) is 4.84. The molecular formula is C19H26N4O4. The molecule has 1 atom stereocenters. The maximum atomic E-state index is 12.8. The highest BCUT2D eigenvalue weighted by molar-refractivity contribution is 5.94. The van der Waals surface area contributed by atoms with Crippen LogP contribution in [0.2, 0.25) is 0 Å². The maximum absolute atomic E-state index is 12.8. The zero-order valence-electron chi connectivity index (χ0n) is 15.8. The summed E-state index contributed by atoms with van der Waals surface area (Å²) in [6.45, 7) is 6.32. The van der Waals surface area contributed by atoms with Crippen LogP contribution < -0.4 is 5.32 Å². The number of carbonyl (C=O) groups excluding carboxylic acids is 2. The maximum Gasteiger partial charge on any atom is 0.289 e. The molecule has 1 fully saturated rings. The lowest BCUT2D eigenvalue weighted by atomic mass is 10.1. The predicted octanol–water partition coefficient (Wildman–Crippen LogP) is 2.53. The summed E-state index contributed by atoms with van der Waals surface area (Å²) >= 11 is 0. The van der Waals surface area contributed by atoms with Crippen molar-refractivity contribution >= 4 is 17.6 Å². The van der Waals surface area contributed by atoms with Crippen LogP contribution in [0.5, 0.6) is 0 Å². The largest absolute Gasteiger partial charge is 0.459 e. The van der Waals surface area contributed by atoms with Gasteiger partial charge in [-0.1, -0.05) is 24.9 Å². The number of furan rings is 1. The van der Waals surface area contributed by atoms with Crippen LogP contribution in [0, 0.1) is 6.92 Å². The third-order valence-electron chi connectivity index (χ3n) is 4.79. The van der Waals surface area contributed by atoms with E-state index in [-0.39, 0.29) is 17.9 Å². The number of aryl methyl sites for hydroxylation is 1. The number of nitrogens with one attached hydrogen (secondary N) is 1. The normalized spacial score (nSPS) is 16.3. The van der Waals surface area contributed by atoms with E-state index in [1.807, 2.05) is 0 Å². The molecule has 0 saturated carbocycles. The van der Waals surface area contributed by atoms with Gasteiger partial charge in [0, 0.05) is 32.2 Å². The molecule has 8 heteroatoms. The van der Waals surface area contributed by atoms with E-state index in [0.29, 0.717) is 43.5 Å². The third kappa shape index (κ3) is 4.77. The number of aromatic nitrogens is 1. The highest BCUT2D eigenvalue weighted by Crippen LogP contribution is 2.17. The second-order valence-corrected chi connectivity index (χ2v) is 6.78. The standard InChI is InChI=1S/C19H26N4O4/c1-3-4-6-15(18(24)20-17-13-14(2)27-21-17)22-8-10-23(11-9-22)19(25)16-7-5-12-26-16/h5,7,12-13,15H,3-4,6,8-11H2,1-2H3,(H,20,21,24). The number of amides is 2. The van der Waals surface area contributed by atoms with Crippen molar-refractivity contribution in [3.05, 3.63) is 36.0 Å². The van der Waals surface area contributed by atoms with Crippen LogP contribution in [0.15, 0.2) is 33.4 Å². The van der Waals surface area contributed by atoms with Gasteiger partial charge in [-0.2, -0.15) is 0 Å². The van der Waals surface area contributed by atoms with Crippen LogP contribution in [0.25, 0.3) is 0 Å². The van der Waals surface area contributed by atoms with Crippen molar-refractivity contribution in [2.45, 2.75) is 39.2 Å². The van der Waals surface area contributed by atoms with Gasteiger partial charge in [0.25, 0.3) is 5.91 Å². The van der Waals surface area contributed by atoms with E-state index in [4.69, 9.17) is 8.94 Å². The number of hydrogen-bond acceptors (Lipinski definition) is 6. The van der Waals surface area contributed by atoms with Gasteiger partial charge in [0.1, 0.15) is 5.76 Å². The Morgan fingerprint density at radius 1 is 1.30 bits per heavy atom. The molecule has 1 unspecified atom stereocenters. The highest BCUT2D eigenvalue weighted by Gasteiger charge is 2.31. The van der Waals surface area contributed by atoms with Crippen molar-refractivity contribution in [3.8, 4) is 0 Å². The molecule has 1 N–H and O–H groups in total. The van der Waals surface area contributed by atoms with Gasteiger partial charge < -0.3 is 19.2 Å². The third-order valence-corrected chi connectivity index (χ3v) is 4.79. The molecule has 0 radical (unpaired) electrons. The Morgan fingerprint density at radius 3 is 2.67 bits per heavy atom. The van der Waals surface area contributed by atoms with E-state index in [2.05, 4.69) is 22.3 Å². The number of unbranched alkanes of at least 4 members (excludes halogenated alkanes) is 1. The van der Waals surface area contributed by atoms with Gasteiger partial charge in [0.05, 0.1) is 12.3 Å². The van der Waals surface area contributed by atoms with Crippen LogP contribution in [0.3, 0.4) is 0 Å². The molecule has 3 rings (SSSR count). The first-order chi connectivity index (χ1) is 13.1. The van der Waals surface area contributed by atoms with E-state index < -0.39 is 0 Å². The van der Waals surface area contributed by atoms with Crippen LogP contribution in [-0.2, 0) is 4.79 Å². The number of nitrogens with zero attached hydrogens (tertiary/aromatic N) is 3. The fourth-order valence-electron chi connectivity index (χ4n) is 3.30. The molecule has 1 aliphatic heterocycles. The van der Waals surface area contributed by atoms with Crippen LogP contribution in [0.4, 0.5) is 5.82 Å². The van der Waals surface area contributed by atoms with Crippen molar-refractivity contribution in [1.82, 2.24) is 15.0 Å². The fourth-order valence-corrected chi connectivity index (χ4v) is 3.30. The lowest BCUT2D eigenvalue weighted by molar-refractivity contribution is -0.122. The van der Waals surface area contributed by atoms with Crippen molar-refractivity contribution in [2.75, 3.05) is 31.5 Å². The highest BCUT2D eigenvalue weighted by atomic mass is 16.5. The number of hydrogen-bond donors (Lipinski definition) is 1. The monoisotopic (exact) mass is 374 g/mol. The minimum absolute atomic E-state index is 0.0810. The number of carbonyl (C=O) groups is 2. The summed E-state index contributed by atoms with van der Waals surface area (Å²) in [5.74, 6) is 1.26. The van der Waals surface area contributed by atoms with E-state index in [1.54, 1.807) is 30.0 Å². The lowest BCUT2D eigenvalue weighted by Crippen LogP contribution is -2.54. The lowest BCUT2D eigenvalue weighted by Gasteiger charge is -2.38. The van der Waals surface area contributed by atoms with Crippen molar-refractivity contribution in [1.29, 1.82) is 0 Å². The van der Waals surface area contributed by atoms with Crippen molar-refractivity contribution in [3.63, 3.8) is 0 Å².